The van der Waals surface area contributed by atoms with Crippen LogP contribution in [0.1, 0.15) is 80.1 Å². The molecule has 1 nitrogen and oxygen atoms in total. The largest absolute Gasteiger partial charge is 0.314 e. The summed E-state index contributed by atoms with van der Waals surface area (Å²) < 4.78 is 0. The van der Waals surface area contributed by atoms with E-state index in [2.05, 4.69) is 46.9 Å². The molecule has 0 amide bonds. The van der Waals surface area contributed by atoms with Gasteiger partial charge in [0.15, 0.2) is 0 Å². The fourth-order valence-electron chi connectivity index (χ4n) is 3.02. The first kappa shape index (κ1) is 16.0. The van der Waals surface area contributed by atoms with Crippen LogP contribution in [0.4, 0.5) is 0 Å². The lowest BCUT2D eigenvalue weighted by Crippen LogP contribution is -2.31. The normalized spacial score (nSPS) is 27.0. The predicted molar refractivity (Wildman–Crippen MR) is 81.9 cm³/mol. The van der Waals surface area contributed by atoms with Crippen LogP contribution in [0, 0.1) is 16.7 Å². The van der Waals surface area contributed by atoms with Crippen molar-refractivity contribution >= 4 is 0 Å². The monoisotopic (exact) mass is 253 g/mol. The third kappa shape index (κ3) is 6.22. The van der Waals surface area contributed by atoms with Gasteiger partial charge in [-0.2, -0.15) is 0 Å². The summed E-state index contributed by atoms with van der Waals surface area (Å²) in [5, 5.41) is 3.79. The van der Waals surface area contributed by atoms with Crippen molar-refractivity contribution in [2.75, 3.05) is 6.54 Å². The predicted octanol–water partition coefficient (Wildman–Crippen LogP) is 5.01. The van der Waals surface area contributed by atoms with Gasteiger partial charge in [-0.15, -0.1) is 0 Å². The first-order valence-electron chi connectivity index (χ1n) is 7.92. The van der Waals surface area contributed by atoms with Gasteiger partial charge in [0.2, 0.25) is 0 Å². The van der Waals surface area contributed by atoms with Gasteiger partial charge in [-0.25, -0.2) is 0 Å². The number of nitrogens with one attached hydrogen (secondary N) is 1. The molecule has 0 spiro atoms. The van der Waals surface area contributed by atoms with Crippen LogP contribution in [0.3, 0.4) is 0 Å². The Labute approximate surface area is 115 Å². The second kappa shape index (κ2) is 6.41. The topological polar surface area (TPSA) is 12.0 Å². The average Bonchev–Trinajstić information content (AvgIpc) is 2.40. The Morgan fingerprint density at radius 2 is 1.56 bits per heavy atom. The summed E-state index contributed by atoms with van der Waals surface area (Å²) in [7, 11) is 0. The smallest absolute Gasteiger partial charge is 0.00671 e. The molecule has 1 heteroatoms. The zero-order valence-corrected chi connectivity index (χ0v) is 13.6. The summed E-state index contributed by atoms with van der Waals surface area (Å²) in [6, 6.07) is 0.777. The minimum atomic E-state index is 0.464. The Bertz CT molecular complexity index is 231. The van der Waals surface area contributed by atoms with E-state index >= 15 is 0 Å². The van der Waals surface area contributed by atoms with Crippen molar-refractivity contribution in [1.29, 1.82) is 0 Å². The highest BCUT2D eigenvalue weighted by Gasteiger charge is 2.27. The summed E-state index contributed by atoms with van der Waals surface area (Å²) in [6.07, 6.45) is 8.31. The molecule has 108 valence electrons. The fourth-order valence-corrected chi connectivity index (χ4v) is 3.02. The van der Waals surface area contributed by atoms with Crippen molar-refractivity contribution in [1.82, 2.24) is 5.32 Å². The van der Waals surface area contributed by atoms with E-state index in [1.54, 1.807) is 0 Å². The van der Waals surface area contributed by atoms with Crippen molar-refractivity contribution in [3.63, 3.8) is 0 Å². The molecule has 0 aromatic carbocycles. The quantitative estimate of drug-likeness (QED) is 0.697. The second-order valence-electron chi connectivity index (χ2n) is 8.53. The maximum absolute atomic E-state index is 3.79. The Kier molecular flexibility index (Phi) is 5.70. The molecule has 1 fully saturated rings. The van der Waals surface area contributed by atoms with Gasteiger partial charge >= 0.3 is 0 Å². The molecule has 0 radical (unpaired) electrons. The molecule has 1 rings (SSSR count). The van der Waals surface area contributed by atoms with E-state index in [1.165, 1.54) is 45.1 Å². The summed E-state index contributed by atoms with van der Waals surface area (Å²) in [4.78, 5) is 0. The Balaban J connectivity index is 2.30. The van der Waals surface area contributed by atoms with Crippen molar-refractivity contribution in [3.8, 4) is 0 Å². The second-order valence-corrected chi connectivity index (χ2v) is 8.53. The van der Waals surface area contributed by atoms with Gasteiger partial charge in [0.05, 0.1) is 0 Å². The van der Waals surface area contributed by atoms with Gasteiger partial charge in [0, 0.05) is 6.04 Å². The highest BCUT2D eigenvalue weighted by Crippen LogP contribution is 2.36. The zero-order valence-electron chi connectivity index (χ0n) is 13.6. The molecule has 0 heterocycles. The van der Waals surface area contributed by atoms with E-state index in [9.17, 15) is 0 Å². The average molecular weight is 253 g/mol. The lowest BCUT2D eigenvalue weighted by atomic mass is 9.76. The van der Waals surface area contributed by atoms with E-state index in [1.807, 2.05) is 0 Å². The van der Waals surface area contributed by atoms with Crippen LogP contribution in [0.5, 0.6) is 0 Å². The van der Waals surface area contributed by atoms with Crippen LogP contribution in [0.2, 0.25) is 0 Å². The van der Waals surface area contributed by atoms with E-state index in [-0.39, 0.29) is 0 Å². The van der Waals surface area contributed by atoms with Gasteiger partial charge in [-0.1, -0.05) is 48.0 Å². The van der Waals surface area contributed by atoms with E-state index < -0.39 is 0 Å². The maximum atomic E-state index is 3.79. The van der Waals surface area contributed by atoms with E-state index in [4.69, 9.17) is 0 Å². The zero-order chi connectivity index (χ0) is 13.8. The lowest BCUT2D eigenvalue weighted by molar-refractivity contribution is 0.213. The van der Waals surface area contributed by atoms with Crippen LogP contribution in [-0.2, 0) is 0 Å². The molecule has 2 atom stereocenters. The molecule has 1 saturated carbocycles. The van der Waals surface area contributed by atoms with Gasteiger partial charge in [0.1, 0.15) is 0 Å². The SMILES string of the molecule is CC(C)(C)CCNC1CCCC(C(C)(C)C)CC1. The molecule has 0 aliphatic heterocycles. The summed E-state index contributed by atoms with van der Waals surface area (Å²) >= 11 is 0. The van der Waals surface area contributed by atoms with E-state index in [0.717, 1.165) is 12.0 Å². The molecule has 0 aromatic rings. The van der Waals surface area contributed by atoms with Gasteiger partial charge < -0.3 is 5.32 Å². The minimum absolute atomic E-state index is 0.464. The molecule has 0 aromatic heterocycles. The van der Waals surface area contributed by atoms with Crippen LogP contribution in [-0.4, -0.2) is 12.6 Å². The van der Waals surface area contributed by atoms with Crippen LogP contribution in [0.25, 0.3) is 0 Å². The van der Waals surface area contributed by atoms with Crippen LogP contribution in [0.15, 0.2) is 0 Å². The van der Waals surface area contributed by atoms with Crippen LogP contribution >= 0.6 is 0 Å². The Morgan fingerprint density at radius 3 is 2.11 bits per heavy atom. The fraction of sp³-hybridized carbons (Fsp3) is 1.00. The maximum Gasteiger partial charge on any atom is 0.00671 e. The Hall–Kier alpha value is -0.0400. The number of hydrogen-bond acceptors (Lipinski definition) is 1. The van der Waals surface area contributed by atoms with Gasteiger partial charge in [-0.05, 0) is 55.4 Å². The number of rotatable bonds is 3. The first-order chi connectivity index (χ1) is 8.18. The summed E-state index contributed by atoms with van der Waals surface area (Å²) in [5.74, 6) is 0.923. The van der Waals surface area contributed by atoms with Crippen molar-refractivity contribution in [3.05, 3.63) is 0 Å². The first-order valence-corrected chi connectivity index (χ1v) is 7.92. The van der Waals surface area contributed by atoms with Gasteiger partial charge in [-0.3, -0.25) is 0 Å². The van der Waals surface area contributed by atoms with E-state index in [0.29, 0.717) is 10.8 Å². The van der Waals surface area contributed by atoms with Crippen molar-refractivity contribution in [2.45, 2.75) is 86.1 Å². The standard InChI is InChI=1S/C17H35N/c1-16(2,3)12-13-18-15-9-7-8-14(10-11-15)17(4,5)6/h14-15,18H,7-13H2,1-6H3. The number of hydrogen-bond donors (Lipinski definition) is 1. The third-order valence-electron chi connectivity index (χ3n) is 4.50. The molecule has 1 aliphatic rings. The van der Waals surface area contributed by atoms with Crippen molar-refractivity contribution in [2.24, 2.45) is 16.7 Å². The third-order valence-corrected chi connectivity index (χ3v) is 4.50. The minimum Gasteiger partial charge on any atom is -0.314 e. The molecule has 1 N–H and O–H groups in total. The molecule has 0 saturated heterocycles. The summed E-state index contributed by atoms with van der Waals surface area (Å²) in [6.45, 7) is 15.4. The van der Waals surface area contributed by atoms with Crippen molar-refractivity contribution < 1.29 is 0 Å². The highest BCUT2D eigenvalue weighted by atomic mass is 14.9. The molecule has 18 heavy (non-hydrogen) atoms. The Morgan fingerprint density at radius 1 is 0.889 bits per heavy atom. The lowest BCUT2D eigenvalue weighted by Gasteiger charge is -2.29. The summed E-state index contributed by atoms with van der Waals surface area (Å²) in [5.41, 5.74) is 0.964. The highest BCUT2D eigenvalue weighted by molar-refractivity contribution is 4.81. The molecule has 1 aliphatic carbocycles. The molecule has 2 unspecified atom stereocenters. The molecule has 0 bridgehead atoms. The molecular weight excluding hydrogens is 218 g/mol. The van der Waals surface area contributed by atoms with Gasteiger partial charge in [0.25, 0.3) is 0 Å². The molecular formula is C17H35N. The van der Waals surface area contributed by atoms with Crippen LogP contribution < -0.4 is 5.32 Å².